The third-order valence-corrected chi connectivity index (χ3v) is 6.51. The van der Waals surface area contributed by atoms with Crippen LogP contribution in [0.5, 0.6) is 0 Å². The zero-order valence-corrected chi connectivity index (χ0v) is 18.9. The highest BCUT2D eigenvalue weighted by Crippen LogP contribution is 2.23. The van der Waals surface area contributed by atoms with Crippen molar-refractivity contribution in [3.05, 3.63) is 65.7 Å². The van der Waals surface area contributed by atoms with Gasteiger partial charge in [0.15, 0.2) is 0 Å². The molecule has 2 fully saturated rings. The van der Waals surface area contributed by atoms with Gasteiger partial charge in [-0.25, -0.2) is 0 Å². The molecular weight excluding hydrogens is 386 g/mol. The predicted octanol–water partition coefficient (Wildman–Crippen LogP) is 4.04. The molecule has 2 saturated heterocycles. The number of rotatable bonds is 6. The van der Waals surface area contributed by atoms with Gasteiger partial charge in [0, 0.05) is 58.1 Å². The zero-order chi connectivity index (χ0) is 21.6. The second-order valence-electron chi connectivity index (χ2n) is 9.03. The third kappa shape index (κ3) is 5.86. The number of hydrogen-bond acceptors (Lipinski definition) is 4. The van der Waals surface area contributed by atoms with Crippen molar-refractivity contribution < 1.29 is 9.53 Å². The van der Waals surface area contributed by atoms with Gasteiger partial charge in [-0.15, -0.1) is 0 Å². The molecule has 0 aliphatic carbocycles. The Morgan fingerprint density at radius 1 is 0.903 bits per heavy atom. The fourth-order valence-corrected chi connectivity index (χ4v) is 4.61. The standard InChI is InChI=1S/C26H35N3O2/c1-27(2)23-10-6-9-22(19-23)26(30)29-17-13-25(14-18-29)31-24-11-15-28(16-12-24)20-21-7-4-3-5-8-21/h3-10,19,24-25H,11-18,20H2,1-2H3. The summed E-state index contributed by atoms with van der Waals surface area (Å²) in [6.07, 6.45) is 4.71. The van der Waals surface area contributed by atoms with Gasteiger partial charge < -0.3 is 14.5 Å². The molecule has 2 aliphatic rings. The van der Waals surface area contributed by atoms with E-state index in [0.717, 1.165) is 69.7 Å². The SMILES string of the molecule is CN(C)c1cccc(C(=O)N2CCC(OC3CCN(Cc4ccccc4)CC3)CC2)c1. The van der Waals surface area contributed by atoms with Crippen molar-refractivity contribution in [2.75, 3.05) is 45.2 Å². The molecule has 2 aromatic rings. The van der Waals surface area contributed by atoms with E-state index in [0.29, 0.717) is 6.10 Å². The highest BCUT2D eigenvalue weighted by atomic mass is 16.5. The molecule has 166 valence electrons. The number of amides is 1. The number of piperidine rings is 2. The number of anilines is 1. The quantitative estimate of drug-likeness (QED) is 0.705. The Hall–Kier alpha value is -2.37. The lowest BCUT2D eigenvalue weighted by Crippen LogP contribution is -2.43. The highest BCUT2D eigenvalue weighted by Gasteiger charge is 2.28. The molecule has 0 spiro atoms. The van der Waals surface area contributed by atoms with Crippen molar-refractivity contribution >= 4 is 11.6 Å². The normalized spacial score (nSPS) is 18.8. The van der Waals surface area contributed by atoms with E-state index in [2.05, 4.69) is 35.2 Å². The fraction of sp³-hybridized carbons (Fsp3) is 0.500. The maximum atomic E-state index is 12.9. The summed E-state index contributed by atoms with van der Waals surface area (Å²) in [5, 5.41) is 0. The molecule has 0 N–H and O–H groups in total. The number of carbonyl (C=O) groups is 1. The summed E-state index contributed by atoms with van der Waals surface area (Å²) in [5.74, 6) is 0.136. The van der Waals surface area contributed by atoms with Crippen LogP contribution in [0.2, 0.25) is 0 Å². The first-order chi connectivity index (χ1) is 15.1. The molecule has 0 aromatic heterocycles. The lowest BCUT2D eigenvalue weighted by Gasteiger charge is -2.37. The molecule has 31 heavy (non-hydrogen) atoms. The largest absolute Gasteiger partial charge is 0.378 e. The van der Waals surface area contributed by atoms with E-state index in [9.17, 15) is 4.79 Å². The van der Waals surface area contributed by atoms with Crippen LogP contribution in [-0.2, 0) is 11.3 Å². The van der Waals surface area contributed by atoms with Crippen LogP contribution in [0, 0.1) is 0 Å². The van der Waals surface area contributed by atoms with E-state index in [1.807, 2.05) is 48.2 Å². The van der Waals surface area contributed by atoms with E-state index in [1.54, 1.807) is 0 Å². The van der Waals surface area contributed by atoms with Crippen LogP contribution < -0.4 is 4.90 Å². The first-order valence-corrected chi connectivity index (χ1v) is 11.6. The van der Waals surface area contributed by atoms with Gasteiger partial charge >= 0.3 is 0 Å². The lowest BCUT2D eigenvalue weighted by atomic mass is 10.0. The maximum absolute atomic E-state index is 12.9. The molecule has 0 atom stereocenters. The van der Waals surface area contributed by atoms with Gasteiger partial charge in [-0.3, -0.25) is 9.69 Å². The fourth-order valence-electron chi connectivity index (χ4n) is 4.61. The lowest BCUT2D eigenvalue weighted by molar-refractivity contribution is -0.0629. The van der Waals surface area contributed by atoms with E-state index in [-0.39, 0.29) is 12.0 Å². The van der Waals surface area contributed by atoms with E-state index < -0.39 is 0 Å². The van der Waals surface area contributed by atoms with Crippen molar-refractivity contribution in [1.82, 2.24) is 9.80 Å². The molecule has 1 amide bonds. The van der Waals surface area contributed by atoms with Crippen molar-refractivity contribution in [2.24, 2.45) is 0 Å². The van der Waals surface area contributed by atoms with E-state index in [4.69, 9.17) is 4.74 Å². The molecule has 2 aromatic carbocycles. The van der Waals surface area contributed by atoms with E-state index in [1.165, 1.54) is 5.56 Å². The average molecular weight is 422 g/mol. The summed E-state index contributed by atoms with van der Waals surface area (Å²) in [4.78, 5) is 19.5. The smallest absolute Gasteiger partial charge is 0.253 e. The summed E-state index contributed by atoms with van der Waals surface area (Å²) >= 11 is 0. The topological polar surface area (TPSA) is 36.0 Å². The summed E-state index contributed by atoms with van der Waals surface area (Å²) in [6, 6.07) is 18.6. The molecular formula is C26H35N3O2. The molecule has 0 bridgehead atoms. The van der Waals surface area contributed by atoms with Gasteiger partial charge in [-0.05, 0) is 49.4 Å². The zero-order valence-electron chi connectivity index (χ0n) is 18.9. The Balaban J connectivity index is 1.20. The molecule has 0 radical (unpaired) electrons. The summed E-state index contributed by atoms with van der Waals surface area (Å²) in [6.45, 7) is 4.78. The van der Waals surface area contributed by atoms with Gasteiger partial charge in [-0.2, -0.15) is 0 Å². The maximum Gasteiger partial charge on any atom is 0.253 e. The minimum absolute atomic E-state index is 0.136. The minimum Gasteiger partial charge on any atom is -0.378 e. The van der Waals surface area contributed by atoms with Gasteiger partial charge in [0.2, 0.25) is 0 Å². The highest BCUT2D eigenvalue weighted by molar-refractivity contribution is 5.95. The minimum atomic E-state index is 0.136. The Bertz CT molecular complexity index is 839. The number of ether oxygens (including phenoxy) is 1. The predicted molar refractivity (Wildman–Crippen MR) is 126 cm³/mol. The Morgan fingerprint density at radius 3 is 2.19 bits per heavy atom. The number of nitrogens with zero attached hydrogens (tertiary/aromatic N) is 3. The second-order valence-corrected chi connectivity index (χ2v) is 9.03. The summed E-state index contributed by atoms with van der Waals surface area (Å²) < 4.78 is 6.44. The van der Waals surface area contributed by atoms with Crippen LogP contribution in [0.4, 0.5) is 5.69 Å². The van der Waals surface area contributed by atoms with Crippen LogP contribution in [0.15, 0.2) is 54.6 Å². The molecule has 5 heteroatoms. The average Bonchev–Trinajstić information content (AvgIpc) is 2.81. The van der Waals surface area contributed by atoms with Gasteiger partial charge in [0.05, 0.1) is 12.2 Å². The van der Waals surface area contributed by atoms with Gasteiger partial charge in [-0.1, -0.05) is 36.4 Å². The van der Waals surface area contributed by atoms with Crippen molar-refractivity contribution in [3.63, 3.8) is 0 Å². The van der Waals surface area contributed by atoms with E-state index >= 15 is 0 Å². The molecule has 2 aliphatic heterocycles. The van der Waals surface area contributed by atoms with Gasteiger partial charge in [0.1, 0.15) is 0 Å². The number of carbonyl (C=O) groups excluding carboxylic acids is 1. The number of benzene rings is 2. The molecule has 0 saturated carbocycles. The Kier molecular flexibility index (Phi) is 7.25. The first kappa shape index (κ1) is 21.8. The van der Waals surface area contributed by atoms with Crippen LogP contribution in [0.3, 0.4) is 0 Å². The molecule has 4 rings (SSSR count). The van der Waals surface area contributed by atoms with Crippen molar-refractivity contribution in [3.8, 4) is 0 Å². The number of hydrogen-bond donors (Lipinski definition) is 0. The van der Waals surface area contributed by atoms with Crippen LogP contribution in [0.1, 0.15) is 41.6 Å². The van der Waals surface area contributed by atoms with Crippen LogP contribution >= 0.6 is 0 Å². The molecule has 5 nitrogen and oxygen atoms in total. The summed E-state index contributed by atoms with van der Waals surface area (Å²) in [5.41, 5.74) is 3.22. The monoisotopic (exact) mass is 421 g/mol. The van der Waals surface area contributed by atoms with Crippen LogP contribution in [0.25, 0.3) is 0 Å². The molecule has 0 unspecified atom stereocenters. The second kappa shape index (κ2) is 10.3. The van der Waals surface area contributed by atoms with Crippen molar-refractivity contribution in [1.29, 1.82) is 0 Å². The van der Waals surface area contributed by atoms with Gasteiger partial charge in [0.25, 0.3) is 5.91 Å². The van der Waals surface area contributed by atoms with Crippen LogP contribution in [-0.4, -0.2) is 68.2 Å². The molecule has 2 heterocycles. The summed E-state index contributed by atoms with van der Waals surface area (Å²) in [7, 11) is 4.00. The Labute approximate surface area is 186 Å². The number of likely N-dealkylation sites (tertiary alicyclic amines) is 2. The Morgan fingerprint density at radius 2 is 1.55 bits per heavy atom. The van der Waals surface area contributed by atoms with Crippen molar-refractivity contribution in [2.45, 2.75) is 44.4 Å². The third-order valence-electron chi connectivity index (χ3n) is 6.51. The first-order valence-electron chi connectivity index (χ1n) is 11.6.